The van der Waals surface area contributed by atoms with Crippen molar-refractivity contribution in [1.29, 1.82) is 0 Å². The summed E-state index contributed by atoms with van der Waals surface area (Å²) >= 11 is 0. The maximum atomic E-state index is 12.4. The number of anilines is 1. The van der Waals surface area contributed by atoms with Crippen molar-refractivity contribution in [1.82, 2.24) is 5.32 Å². The van der Waals surface area contributed by atoms with Crippen LogP contribution in [0.1, 0.15) is 36.9 Å². The van der Waals surface area contributed by atoms with Gasteiger partial charge < -0.3 is 16.0 Å². The van der Waals surface area contributed by atoms with Gasteiger partial charge in [0.05, 0.1) is 5.92 Å². The lowest BCUT2D eigenvalue weighted by molar-refractivity contribution is -0.125. The zero-order valence-corrected chi connectivity index (χ0v) is 16.2. The quantitative estimate of drug-likeness (QED) is 0.799. The van der Waals surface area contributed by atoms with E-state index in [-0.39, 0.29) is 36.2 Å². The molecule has 0 radical (unpaired) electrons. The summed E-state index contributed by atoms with van der Waals surface area (Å²) in [5.41, 5.74) is 9.08. The molecular formula is C21H26ClN3O2. The maximum Gasteiger partial charge on any atom is 0.227 e. The molecule has 0 aromatic heterocycles. The highest BCUT2D eigenvalue weighted by molar-refractivity contribution is 5.95. The number of rotatable bonds is 6. The first-order valence-corrected chi connectivity index (χ1v) is 9.04. The SMILES string of the molecule is CC(C(=O)NCc1ccc(N2CCCC2=O)cc1)C(N)c1ccccc1.Cl. The molecule has 1 heterocycles. The van der Waals surface area contributed by atoms with E-state index in [0.29, 0.717) is 13.0 Å². The van der Waals surface area contributed by atoms with Crippen molar-refractivity contribution in [2.45, 2.75) is 32.4 Å². The fraction of sp³-hybridized carbons (Fsp3) is 0.333. The van der Waals surface area contributed by atoms with Crippen LogP contribution >= 0.6 is 12.4 Å². The van der Waals surface area contributed by atoms with E-state index in [0.717, 1.165) is 29.8 Å². The summed E-state index contributed by atoms with van der Waals surface area (Å²) in [5, 5.41) is 2.95. The van der Waals surface area contributed by atoms with Gasteiger partial charge in [0.1, 0.15) is 0 Å². The van der Waals surface area contributed by atoms with Gasteiger partial charge in [-0.2, -0.15) is 0 Å². The molecule has 1 aliphatic rings. The Morgan fingerprint density at radius 3 is 2.41 bits per heavy atom. The van der Waals surface area contributed by atoms with E-state index < -0.39 is 0 Å². The van der Waals surface area contributed by atoms with Crippen LogP contribution < -0.4 is 16.0 Å². The van der Waals surface area contributed by atoms with Crippen LogP contribution in [0.25, 0.3) is 0 Å². The molecule has 5 nitrogen and oxygen atoms in total. The van der Waals surface area contributed by atoms with Gasteiger partial charge in [0.2, 0.25) is 11.8 Å². The van der Waals surface area contributed by atoms with Crippen molar-refractivity contribution in [3.8, 4) is 0 Å². The van der Waals surface area contributed by atoms with Crippen LogP contribution in [0.5, 0.6) is 0 Å². The van der Waals surface area contributed by atoms with Crippen molar-refractivity contribution in [3.05, 3.63) is 65.7 Å². The van der Waals surface area contributed by atoms with Crippen LogP contribution in [0.2, 0.25) is 0 Å². The molecule has 6 heteroatoms. The predicted octanol–water partition coefficient (Wildman–Crippen LogP) is 3.19. The van der Waals surface area contributed by atoms with Gasteiger partial charge in [-0.05, 0) is 29.7 Å². The Morgan fingerprint density at radius 1 is 1.15 bits per heavy atom. The molecule has 3 rings (SSSR count). The molecular weight excluding hydrogens is 362 g/mol. The number of hydrogen-bond donors (Lipinski definition) is 2. The Morgan fingerprint density at radius 2 is 1.81 bits per heavy atom. The zero-order chi connectivity index (χ0) is 18.5. The second-order valence-corrected chi connectivity index (χ2v) is 6.76. The molecule has 2 aromatic carbocycles. The normalized spacial score (nSPS) is 15.8. The van der Waals surface area contributed by atoms with Gasteiger partial charge in [-0.1, -0.05) is 49.4 Å². The molecule has 0 spiro atoms. The average molecular weight is 388 g/mol. The van der Waals surface area contributed by atoms with Crippen molar-refractivity contribution >= 4 is 29.9 Å². The second-order valence-electron chi connectivity index (χ2n) is 6.76. The van der Waals surface area contributed by atoms with Crippen LogP contribution in [0, 0.1) is 5.92 Å². The van der Waals surface area contributed by atoms with Crippen LogP contribution in [-0.2, 0) is 16.1 Å². The molecule has 0 saturated carbocycles. The summed E-state index contributed by atoms with van der Waals surface area (Å²) in [6.45, 7) is 3.07. The van der Waals surface area contributed by atoms with Gasteiger partial charge in [0.25, 0.3) is 0 Å². The lowest BCUT2D eigenvalue weighted by Crippen LogP contribution is -2.35. The predicted molar refractivity (Wildman–Crippen MR) is 110 cm³/mol. The van der Waals surface area contributed by atoms with Gasteiger partial charge in [-0.15, -0.1) is 12.4 Å². The van der Waals surface area contributed by atoms with Crippen molar-refractivity contribution in [3.63, 3.8) is 0 Å². The van der Waals surface area contributed by atoms with Crippen molar-refractivity contribution in [2.75, 3.05) is 11.4 Å². The smallest absolute Gasteiger partial charge is 0.227 e. The van der Waals surface area contributed by atoms with Gasteiger partial charge in [0.15, 0.2) is 0 Å². The van der Waals surface area contributed by atoms with E-state index in [1.54, 1.807) is 0 Å². The molecule has 2 aromatic rings. The Bertz CT molecular complexity index is 765. The highest BCUT2D eigenvalue weighted by Crippen LogP contribution is 2.22. The number of nitrogens with one attached hydrogen (secondary N) is 1. The van der Waals surface area contributed by atoms with Crippen LogP contribution in [0.3, 0.4) is 0 Å². The molecule has 1 saturated heterocycles. The van der Waals surface area contributed by atoms with Gasteiger partial charge in [0, 0.05) is 31.2 Å². The third kappa shape index (κ3) is 5.08. The van der Waals surface area contributed by atoms with Crippen LogP contribution in [-0.4, -0.2) is 18.4 Å². The summed E-state index contributed by atoms with van der Waals surface area (Å²) in [7, 11) is 0. The Hall–Kier alpha value is -2.37. The number of halogens is 1. The maximum absolute atomic E-state index is 12.4. The van der Waals surface area contributed by atoms with Gasteiger partial charge in [-0.3, -0.25) is 9.59 Å². The summed E-state index contributed by atoms with van der Waals surface area (Å²) in [4.78, 5) is 26.0. The van der Waals surface area contributed by atoms with E-state index in [2.05, 4.69) is 5.32 Å². The van der Waals surface area contributed by atoms with E-state index in [1.807, 2.05) is 66.4 Å². The van der Waals surface area contributed by atoms with E-state index >= 15 is 0 Å². The van der Waals surface area contributed by atoms with Crippen LogP contribution in [0.4, 0.5) is 5.69 Å². The molecule has 0 bridgehead atoms. The monoisotopic (exact) mass is 387 g/mol. The Balaban J connectivity index is 0.00000261. The fourth-order valence-corrected chi connectivity index (χ4v) is 3.19. The standard InChI is InChI=1S/C21H25N3O2.ClH/c1-15(20(22)17-6-3-2-4-7-17)21(26)23-14-16-9-11-18(12-10-16)24-13-5-8-19(24)25;/h2-4,6-7,9-12,15,20H,5,8,13-14,22H2,1H3,(H,23,26);1H. The van der Waals surface area contributed by atoms with Crippen molar-refractivity contribution in [2.24, 2.45) is 11.7 Å². The lowest BCUT2D eigenvalue weighted by atomic mass is 9.94. The third-order valence-electron chi connectivity index (χ3n) is 4.92. The number of benzene rings is 2. The molecule has 1 aliphatic heterocycles. The third-order valence-corrected chi connectivity index (χ3v) is 4.92. The summed E-state index contributed by atoms with van der Waals surface area (Å²) < 4.78 is 0. The number of carbonyl (C=O) groups is 2. The molecule has 1 fully saturated rings. The highest BCUT2D eigenvalue weighted by Gasteiger charge is 2.23. The second kappa shape index (κ2) is 9.53. The zero-order valence-electron chi connectivity index (χ0n) is 15.4. The first kappa shape index (κ1) is 20.9. The summed E-state index contributed by atoms with van der Waals surface area (Å²) in [5.74, 6) is -0.214. The number of carbonyl (C=O) groups excluding carboxylic acids is 2. The van der Waals surface area contributed by atoms with Crippen molar-refractivity contribution < 1.29 is 9.59 Å². The number of amides is 2. The van der Waals surface area contributed by atoms with Gasteiger partial charge in [-0.25, -0.2) is 0 Å². The molecule has 2 unspecified atom stereocenters. The molecule has 27 heavy (non-hydrogen) atoms. The molecule has 144 valence electrons. The average Bonchev–Trinajstić information content (AvgIpc) is 3.12. The van der Waals surface area contributed by atoms with Gasteiger partial charge >= 0.3 is 0 Å². The number of hydrogen-bond acceptors (Lipinski definition) is 3. The Kier molecular flexibility index (Phi) is 7.39. The lowest BCUT2D eigenvalue weighted by Gasteiger charge is -2.20. The number of nitrogens with zero attached hydrogens (tertiary/aromatic N) is 1. The van der Waals surface area contributed by atoms with E-state index in [9.17, 15) is 9.59 Å². The molecule has 2 atom stereocenters. The Labute approximate surface area is 166 Å². The largest absolute Gasteiger partial charge is 0.352 e. The fourth-order valence-electron chi connectivity index (χ4n) is 3.19. The summed E-state index contributed by atoms with van der Waals surface area (Å²) in [6, 6.07) is 17.1. The van der Waals surface area contributed by atoms with E-state index in [4.69, 9.17) is 5.73 Å². The minimum absolute atomic E-state index is 0. The molecule has 2 amide bonds. The highest BCUT2D eigenvalue weighted by atomic mass is 35.5. The summed E-state index contributed by atoms with van der Waals surface area (Å²) in [6.07, 6.45) is 1.54. The molecule has 3 N–H and O–H groups in total. The first-order valence-electron chi connectivity index (χ1n) is 9.04. The first-order chi connectivity index (χ1) is 12.6. The minimum atomic E-state index is -0.334. The minimum Gasteiger partial charge on any atom is -0.352 e. The van der Waals surface area contributed by atoms with Crippen LogP contribution in [0.15, 0.2) is 54.6 Å². The molecule has 0 aliphatic carbocycles. The van der Waals surface area contributed by atoms with E-state index in [1.165, 1.54) is 0 Å². The topological polar surface area (TPSA) is 75.4 Å². The number of nitrogens with two attached hydrogens (primary N) is 1.